The van der Waals surface area contributed by atoms with Gasteiger partial charge in [0.1, 0.15) is 5.82 Å². The Kier molecular flexibility index (Phi) is 5.95. The Bertz CT molecular complexity index is 457. The largest absolute Gasteiger partial charge is 0.328 e. The molecule has 3 nitrogen and oxygen atoms in total. The lowest BCUT2D eigenvalue weighted by molar-refractivity contribution is 0.222. The Labute approximate surface area is 119 Å². The Morgan fingerprint density at radius 2 is 2.21 bits per heavy atom. The van der Waals surface area contributed by atoms with Gasteiger partial charge in [0.25, 0.3) is 0 Å². The molecule has 0 bridgehead atoms. The number of allylic oxidation sites excluding steroid dienone is 1. The SMILES string of the molecule is C=CCCCN(C)C(=O)Nc1c(F)cc(F)cc1Br. The monoisotopic (exact) mass is 332 g/mol. The zero-order chi connectivity index (χ0) is 14.4. The van der Waals surface area contributed by atoms with E-state index < -0.39 is 17.7 Å². The lowest BCUT2D eigenvalue weighted by Crippen LogP contribution is -2.32. The van der Waals surface area contributed by atoms with Gasteiger partial charge in [-0.3, -0.25) is 0 Å². The molecule has 0 atom stereocenters. The predicted molar refractivity (Wildman–Crippen MR) is 75.1 cm³/mol. The number of anilines is 1. The van der Waals surface area contributed by atoms with Crippen LogP contribution in [0.2, 0.25) is 0 Å². The first-order valence-corrected chi connectivity index (χ1v) is 6.52. The number of urea groups is 1. The molecule has 2 amide bonds. The molecule has 0 unspecified atom stereocenters. The lowest BCUT2D eigenvalue weighted by Gasteiger charge is -2.18. The molecule has 104 valence electrons. The zero-order valence-electron chi connectivity index (χ0n) is 10.5. The second kappa shape index (κ2) is 7.23. The molecule has 0 aliphatic rings. The second-order valence-corrected chi connectivity index (χ2v) is 4.88. The number of hydrogen-bond acceptors (Lipinski definition) is 1. The van der Waals surface area contributed by atoms with E-state index in [9.17, 15) is 13.6 Å². The quantitative estimate of drug-likeness (QED) is 0.637. The number of nitrogens with one attached hydrogen (secondary N) is 1. The van der Waals surface area contributed by atoms with E-state index in [1.807, 2.05) is 0 Å². The maximum Gasteiger partial charge on any atom is 0.321 e. The van der Waals surface area contributed by atoms with E-state index in [0.717, 1.165) is 25.0 Å². The van der Waals surface area contributed by atoms with E-state index in [-0.39, 0.29) is 10.2 Å². The summed E-state index contributed by atoms with van der Waals surface area (Å²) >= 11 is 3.01. The van der Waals surface area contributed by atoms with Crippen LogP contribution in [0.5, 0.6) is 0 Å². The van der Waals surface area contributed by atoms with Gasteiger partial charge in [-0.2, -0.15) is 0 Å². The number of halogens is 3. The number of carbonyl (C=O) groups is 1. The number of benzene rings is 1. The fourth-order valence-corrected chi connectivity index (χ4v) is 1.95. The van der Waals surface area contributed by atoms with Gasteiger partial charge in [0.15, 0.2) is 5.82 Å². The third kappa shape index (κ3) is 4.63. The number of nitrogens with zero attached hydrogens (tertiary/aromatic N) is 1. The van der Waals surface area contributed by atoms with Crippen molar-refractivity contribution in [2.75, 3.05) is 18.9 Å². The van der Waals surface area contributed by atoms with Crippen LogP contribution in [0.25, 0.3) is 0 Å². The predicted octanol–water partition coefficient (Wildman–Crippen LogP) is 4.16. The van der Waals surface area contributed by atoms with Gasteiger partial charge in [-0.05, 0) is 34.8 Å². The van der Waals surface area contributed by atoms with Crippen molar-refractivity contribution in [3.05, 3.63) is 40.9 Å². The molecule has 1 N–H and O–H groups in total. The number of hydrogen-bond donors (Lipinski definition) is 1. The molecular formula is C13H15BrF2N2O. The molecule has 0 heterocycles. The third-order valence-electron chi connectivity index (χ3n) is 2.49. The molecule has 0 saturated heterocycles. The van der Waals surface area contributed by atoms with Crippen molar-refractivity contribution in [1.82, 2.24) is 4.90 Å². The molecule has 6 heteroatoms. The molecular weight excluding hydrogens is 318 g/mol. The number of rotatable bonds is 5. The minimum absolute atomic E-state index is 0.0676. The lowest BCUT2D eigenvalue weighted by atomic mass is 10.3. The van der Waals surface area contributed by atoms with Crippen LogP contribution in [0.3, 0.4) is 0 Å². The van der Waals surface area contributed by atoms with E-state index in [2.05, 4.69) is 27.8 Å². The standard InChI is InChI=1S/C13H15BrF2N2O/c1-3-4-5-6-18(2)13(19)17-12-10(14)7-9(15)8-11(12)16/h3,7-8H,1,4-6H2,2H3,(H,17,19). The molecule has 0 spiro atoms. The molecule has 1 aromatic rings. The normalized spacial score (nSPS) is 10.1. The van der Waals surface area contributed by atoms with E-state index in [0.29, 0.717) is 6.54 Å². The van der Waals surface area contributed by atoms with Gasteiger partial charge in [-0.25, -0.2) is 13.6 Å². The smallest absolute Gasteiger partial charge is 0.321 e. The summed E-state index contributed by atoms with van der Waals surface area (Å²) in [5, 5.41) is 2.41. The molecule has 1 rings (SSSR count). The summed E-state index contributed by atoms with van der Waals surface area (Å²) in [4.78, 5) is 13.2. The van der Waals surface area contributed by atoms with Crippen LogP contribution in [-0.2, 0) is 0 Å². The summed E-state index contributed by atoms with van der Waals surface area (Å²) in [6.45, 7) is 4.12. The van der Waals surface area contributed by atoms with Gasteiger partial charge < -0.3 is 10.2 Å². The van der Waals surface area contributed by atoms with Crippen molar-refractivity contribution in [3.63, 3.8) is 0 Å². The summed E-state index contributed by atoms with van der Waals surface area (Å²) in [5.74, 6) is -1.53. The fourth-order valence-electron chi connectivity index (χ4n) is 1.44. The topological polar surface area (TPSA) is 32.3 Å². The fraction of sp³-hybridized carbons (Fsp3) is 0.308. The number of unbranched alkanes of at least 4 members (excludes halogenated alkanes) is 1. The highest BCUT2D eigenvalue weighted by Crippen LogP contribution is 2.27. The van der Waals surface area contributed by atoms with Gasteiger partial charge in [0.05, 0.1) is 5.69 Å². The Morgan fingerprint density at radius 1 is 1.53 bits per heavy atom. The average Bonchev–Trinajstić information content (AvgIpc) is 2.33. The average molecular weight is 333 g/mol. The minimum atomic E-state index is -0.820. The first-order chi connectivity index (χ1) is 8.95. The first kappa shape index (κ1) is 15.6. The molecule has 1 aromatic carbocycles. The van der Waals surface area contributed by atoms with Crippen LogP contribution >= 0.6 is 15.9 Å². The van der Waals surface area contributed by atoms with Gasteiger partial charge >= 0.3 is 6.03 Å². The number of amides is 2. The molecule has 0 aliphatic heterocycles. The maximum atomic E-state index is 13.5. The molecule has 0 aliphatic carbocycles. The Morgan fingerprint density at radius 3 is 2.79 bits per heavy atom. The Hall–Kier alpha value is -1.43. The molecule has 0 radical (unpaired) electrons. The van der Waals surface area contributed by atoms with Gasteiger partial charge in [0.2, 0.25) is 0 Å². The molecule has 0 aromatic heterocycles. The highest BCUT2D eigenvalue weighted by atomic mass is 79.9. The van der Waals surface area contributed by atoms with Crippen molar-refractivity contribution in [2.45, 2.75) is 12.8 Å². The van der Waals surface area contributed by atoms with Crippen molar-refractivity contribution < 1.29 is 13.6 Å². The van der Waals surface area contributed by atoms with Crippen LogP contribution in [0.1, 0.15) is 12.8 Å². The summed E-state index contributed by atoms with van der Waals surface area (Å²) in [6, 6.07) is 1.37. The molecule has 0 saturated carbocycles. The van der Waals surface area contributed by atoms with Crippen LogP contribution in [0, 0.1) is 11.6 Å². The summed E-state index contributed by atoms with van der Waals surface area (Å²) in [5.41, 5.74) is -0.0676. The Balaban J connectivity index is 2.69. The van der Waals surface area contributed by atoms with Crippen LogP contribution in [-0.4, -0.2) is 24.5 Å². The van der Waals surface area contributed by atoms with Gasteiger partial charge in [-0.1, -0.05) is 6.08 Å². The first-order valence-electron chi connectivity index (χ1n) is 5.73. The minimum Gasteiger partial charge on any atom is -0.328 e. The van der Waals surface area contributed by atoms with Crippen LogP contribution in [0.15, 0.2) is 29.3 Å². The van der Waals surface area contributed by atoms with Crippen molar-refractivity contribution in [1.29, 1.82) is 0 Å². The van der Waals surface area contributed by atoms with E-state index in [1.165, 1.54) is 4.90 Å². The second-order valence-electron chi connectivity index (χ2n) is 4.03. The van der Waals surface area contributed by atoms with Gasteiger partial charge in [0, 0.05) is 24.1 Å². The zero-order valence-corrected chi connectivity index (χ0v) is 12.1. The number of carbonyl (C=O) groups excluding carboxylic acids is 1. The third-order valence-corrected chi connectivity index (χ3v) is 3.11. The summed E-state index contributed by atoms with van der Waals surface area (Å²) in [6.07, 6.45) is 3.34. The molecule has 0 fully saturated rings. The van der Waals surface area contributed by atoms with Gasteiger partial charge in [-0.15, -0.1) is 6.58 Å². The van der Waals surface area contributed by atoms with E-state index >= 15 is 0 Å². The van der Waals surface area contributed by atoms with Crippen molar-refractivity contribution in [3.8, 4) is 0 Å². The van der Waals surface area contributed by atoms with E-state index in [1.54, 1.807) is 13.1 Å². The summed E-state index contributed by atoms with van der Waals surface area (Å²) < 4.78 is 26.6. The van der Waals surface area contributed by atoms with Crippen molar-refractivity contribution in [2.24, 2.45) is 0 Å². The van der Waals surface area contributed by atoms with Crippen LogP contribution in [0.4, 0.5) is 19.3 Å². The highest BCUT2D eigenvalue weighted by molar-refractivity contribution is 9.10. The molecule has 19 heavy (non-hydrogen) atoms. The van der Waals surface area contributed by atoms with Crippen molar-refractivity contribution >= 4 is 27.6 Å². The van der Waals surface area contributed by atoms with E-state index in [4.69, 9.17) is 0 Å². The maximum absolute atomic E-state index is 13.5. The summed E-state index contributed by atoms with van der Waals surface area (Å²) in [7, 11) is 1.60. The van der Waals surface area contributed by atoms with Crippen LogP contribution < -0.4 is 5.32 Å². The highest BCUT2D eigenvalue weighted by Gasteiger charge is 2.15.